The van der Waals surface area contributed by atoms with Gasteiger partial charge in [-0.2, -0.15) is 5.10 Å². The topological polar surface area (TPSA) is 105 Å². The van der Waals surface area contributed by atoms with Crippen molar-refractivity contribution in [1.29, 1.82) is 0 Å². The third-order valence-corrected chi connectivity index (χ3v) is 6.38. The molecule has 0 radical (unpaired) electrons. The Morgan fingerprint density at radius 2 is 1.78 bits per heavy atom. The summed E-state index contributed by atoms with van der Waals surface area (Å²) >= 11 is 0. The number of nitrogen functional groups attached to an aromatic ring is 2. The fourth-order valence-electron chi connectivity index (χ4n) is 4.57. The van der Waals surface area contributed by atoms with Crippen LogP contribution in [0.2, 0.25) is 0 Å². The maximum absolute atomic E-state index is 15.7. The molecule has 5 rings (SSSR count). The van der Waals surface area contributed by atoms with Gasteiger partial charge in [-0.3, -0.25) is 4.68 Å². The number of methoxy groups -OCH3 is 1. The molecule has 1 atom stereocenters. The number of ether oxygens (including phenoxy) is 1. The Bertz CT molecular complexity index is 1560. The molecular weight excluding hydrogens is 455 g/mol. The highest BCUT2D eigenvalue weighted by Gasteiger charge is 2.29. The molecule has 8 heteroatoms. The molecule has 0 bridgehead atoms. The van der Waals surface area contributed by atoms with E-state index >= 15 is 4.39 Å². The maximum Gasteiger partial charge on any atom is 0.181 e. The third kappa shape index (κ3) is 4.11. The summed E-state index contributed by atoms with van der Waals surface area (Å²) in [5, 5.41) is 6.23. The Morgan fingerprint density at radius 1 is 1.00 bits per heavy atom. The minimum atomic E-state index is -0.677. The van der Waals surface area contributed by atoms with E-state index in [9.17, 15) is 0 Å². The van der Waals surface area contributed by atoms with E-state index in [2.05, 4.69) is 5.10 Å². The number of halogens is 1. The molecule has 4 N–H and O–H groups in total. The van der Waals surface area contributed by atoms with Crippen molar-refractivity contribution in [3.8, 4) is 17.1 Å². The third-order valence-electron chi connectivity index (χ3n) is 6.38. The molecule has 0 saturated heterocycles. The molecule has 2 heterocycles. The normalized spacial score (nSPS) is 12.1. The summed E-state index contributed by atoms with van der Waals surface area (Å²) in [6.45, 7) is 2.00. The number of aromatic nitrogens is 4. The van der Waals surface area contributed by atoms with Gasteiger partial charge in [0.1, 0.15) is 23.2 Å². The number of fused-ring (bicyclic) bond motifs is 1. The van der Waals surface area contributed by atoms with Crippen LogP contribution in [0.1, 0.15) is 35.5 Å². The van der Waals surface area contributed by atoms with Crippen molar-refractivity contribution >= 4 is 22.3 Å². The number of hydrogen-bond acceptors (Lipinski definition) is 6. The largest absolute Gasteiger partial charge is 0.496 e. The van der Waals surface area contributed by atoms with Gasteiger partial charge in [0.05, 0.1) is 18.7 Å². The van der Waals surface area contributed by atoms with E-state index in [4.69, 9.17) is 26.2 Å². The summed E-state index contributed by atoms with van der Waals surface area (Å²) in [7, 11) is 3.34. The fourth-order valence-corrected chi connectivity index (χ4v) is 4.57. The van der Waals surface area contributed by atoms with Gasteiger partial charge in [0.15, 0.2) is 5.82 Å². The van der Waals surface area contributed by atoms with E-state index < -0.39 is 11.7 Å². The number of nitrogens with zero attached hydrogens (tertiary/aromatic N) is 4. The summed E-state index contributed by atoms with van der Waals surface area (Å²) in [6.07, 6.45) is 0.668. The molecule has 0 aliphatic heterocycles. The van der Waals surface area contributed by atoms with Gasteiger partial charge < -0.3 is 16.2 Å². The summed E-state index contributed by atoms with van der Waals surface area (Å²) < 4.78 is 22.8. The average Bonchev–Trinajstić information content (AvgIpc) is 3.26. The second kappa shape index (κ2) is 9.30. The number of pyridine rings is 1. The van der Waals surface area contributed by atoms with Gasteiger partial charge in [0.2, 0.25) is 0 Å². The van der Waals surface area contributed by atoms with Crippen LogP contribution in [0.4, 0.5) is 15.9 Å². The van der Waals surface area contributed by atoms with Crippen molar-refractivity contribution in [2.24, 2.45) is 7.05 Å². The number of aryl methyl sites for hydroxylation is 2. The van der Waals surface area contributed by atoms with E-state index in [1.165, 1.54) is 13.2 Å². The number of rotatable bonds is 6. The van der Waals surface area contributed by atoms with Crippen LogP contribution in [0, 0.1) is 5.82 Å². The van der Waals surface area contributed by atoms with Crippen molar-refractivity contribution in [3.05, 3.63) is 95.2 Å². The van der Waals surface area contributed by atoms with Gasteiger partial charge in [-0.25, -0.2) is 14.4 Å². The van der Waals surface area contributed by atoms with Crippen LogP contribution in [0.15, 0.2) is 66.7 Å². The molecule has 182 valence electrons. The van der Waals surface area contributed by atoms with Gasteiger partial charge >= 0.3 is 0 Å². The standard InChI is InChI=1S/C28H27FN6O/c1-4-16-13-21(22(29)15-24(16)36-3)25(23-14-18-12-19(30)10-11-20(18)26(31)32-23)28-33-27(34-35(28)2)17-8-6-5-7-9-17/h5-15,25H,4,30H2,1-3H3,(H2,31,32). The van der Waals surface area contributed by atoms with Crippen LogP contribution in [0.5, 0.6) is 5.75 Å². The quantitative estimate of drug-likeness (QED) is 0.327. The lowest BCUT2D eigenvalue weighted by Crippen LogP contribution is -2.15. The predicted molar refractivity (Wildman–Crippen MR) is 140 cm³/mol. The van der Waals surface area contributed by atoms with Crippen molar-refractivity contribution in [2.45, 2.75) is 19.3 Å². The molecule has 0 saturated carbocycles. The SMILES string of the molecule is CCc1cc(C(c2cc3cc(N)ccc3c(N)n2)c2nc(-c3ccccc3)nn2C)c(F)cc1OC. The zero-order chi connectivity index (χ0) is 25.4. The van der Waals surface area contributed by atoms with E-state index in [1.807, 2.05) is 61.5 Å². The van der Waals surface area contributed by atoms with Crippen LogP contribution in [0.25, 0.3) is 22.2 Å². The molecule has 0 aliphatic carbocycles. The molecule has 0 fully saturated rings. The van der Waals surface area contributed by atoms with Crippen molar-refractivity contribution in [1.82, 2.24) is 19.7 Å². The Hall–Kier alpha value is -4.46. The minimum absolute atomic E-state index is 0.336. The van der Waals surface area contributed by atoms with Crippen LogP contribution in [0.3, 0.4) is 0 Å². The highest BCUT2D eigenvalue weighted by atomic mass is 19.1. The number of benzene rings is 3. The van der Waals surface area contributed by atoms with Crippen molar-refractivity contribution < 1.29 is 9.13 Å². The first kappa shape index (κ1) is 23.3. The summed E-state index contributed by atoms with van der Waals surface area (Å²) in [6, 6.07) is 20.2. The van der Waals surface area contributed by atoms with Gasteiger partial charge in [0.25, 0.3) is 0 Å². The monoisotopic (exact) mass is 482 g/mol. The summed E-state index contributed by atoms with van der Waals surface area (Å²) in [4.78, 5) is 9.55. The fraction of sp³-hybridized carbons (Fsp3) is 0.179. The highest BCUT2D eigenvalue weighted by molar-refractivity contribution is 5.93. The number of nitrogens with two attached hydrogens (primary N) is 2. The second-order valence-electron chi connectivity index (χ2n) is 8.67. The van der Waals surface area contributed by atoms with Gasteiger partial charge in [0, 0.05) is 35.3 Å². The van der Waals surface area contributed by atoms with Gasteiger partial charge in [-0.15, -0.1) is 0 Å². The molecule has 0 spiro atoms. The van der Waals surface area contributed by atoms with Crippen LogP contribution >= 0.6 is 0 Å². The minimum Gasteiger partial charge on any atom is -0.496 e. The second-order valence-corrected chi connectivity index (χ2v) is 8.67. The Balaban J connectivity index is 1.78. The van der Waals surface area contributed by atoms with Crippen LogP contribution in [-0.2, 0) is 13.5 Å². The summed E-state index contributed by atoms with van der Waals surface area (Å²) in [5.74, 6) is 0.813. The lowest BCUT2D eigenvalue weighted by Gasteiger charge is -2.20. The van der Waals surface area contributed by atoms with Crippen molar-refractivity contribution in [3.63, 3.8) is 0 Å². The smallest absolute Gasteiger partial charge is 0.181 e. The zero-order valence-corrected chi connectivity index (χ0v) is 20.4. The first-order valence-corrected chi connectivity index (χ1v) is 11.7. The number of anilines is 2. The zero-order valence-electron chi connectivity index (χ0n) is 20.4. The molecule has 5 aromatic rings. The summed E-state index contributed by atoms with van der Waals surface area (Å²) in [5.41, 5.74) is 15.7. The van der Waals surface area contributed by atoms with Gasteiger partial charge in [-0.05, 0) is 47.7 Å². The highest BCUT2D eigenvalue weighted by Crippen LogP contribution is 2.37. The number of hydrogen-bond donors (Lipinski definition) is 2. The molecule has 0 aliphatic rings. The predicted octanol–water partition coefficient (Wildman–Crippen LogP) is 5.09. The van der Waals surface area contributed by atoms with E-state index in [1.54, 1.807) is 17.8 Å². The van der Waals surface area contributed by atoms with E-state index in [0.717, 1.165) is 21.9 Å². The molecule has 2 aromatic heterocycles. The molecule has 36 heavy (non-hydrogen) atoms. The van der Waals surface area contributed by atoms with Crippen molar-refractivity contribution in [2.75, 3.05) is 18.6 Å². The lowest BCUT2D eigenvalue weighted by atomic mass is 9.90. The first-order valence-electron chi connectivity index (χ1n) is 11.7. The molecule has 7 nitrogen and oxygen atoms in total. The van der Waals surface area contributed by atoms with Crippen LogP contribution < -0.4 is 16.2 Å². The van der Waals surface area contributed by atoms with Crippen LogP contribution in [-0.4, -0.2) is 26.9 Å². The first-order chi connectivity index (χ1) is 17.4. The molecular formula is C28H27FN6O. The molecule has 1 unspecified atom stereocenters. The maximum atomic E-state index is 15.7. The molecule has 3 aromatic carbocycles. The lowest BCUT2D eigenvalue weighted by molar-refractivity contribution is 0.405. The Kier molecular flexibility index (Phi) is 6.01. The van der Waals surface area contributed by atoms with Gasteiger partial charge in [-0.1, -0.05) is 37.3 Å². The average molecular weight is 483 g/mol. The Labute approximate surface area is 208 Å². The Morgan fingerprint density at radius 3 is 2.50 bits per heavy atom. The van der Waals surface area contributed by atoms with E-state index in [-0.39, 0.29) is 0 Å². The molecule has 0 amide bonds. The van der Waals surface area contributed by atoms with E-state index in [0.29, 0.717) is 46.6 Å².